The maximum atomic E-state index is 13.4. The molecule has 5 nitrogen and oxygen atoms in total. The molecule has 7 heteroatoms. The minimum Gasteiger partial charge on any atom is -0.355 e. The maximum absolute atomic E-state index is 13.4. The Morgan fingerprint density at radius 2 is 1.68 bits per heavy atom. The van der Waals surface area contributed by atoms with Gasteiger partial charge in [-0.15, -0.1) is 0 Å². The molecule has 1 amide bonds. The smallest absolute Gasteiger partial charge is 0.253 e. The second kappa shape index (κ2) is 8.30. The number of fused-ring (bicyclic) bond motifs is 1. The second-order valence-corrected chi connectivity index (χ2v) is 8.60. The Balaban J connectivity index is 1.27. The summed E-state index contributed by atoms with van der Waals surface area (Å²) >= 11 is 0. The molecule has 1 aliphatic carbocycles. The van der Waals surface area contributed by atoms with Gasteiger partial charge >= 0.3 is 0 Å². The van der Waals surface area contributed by atoms with Crippen molar-refractivity contribution in [3.63, 3.8) is 0 Å². The Bertz CT molecular complexity index is 1080. The lowest BCUT2D eigenvalue weighted by Gasteiger charge is -2.35. The Labute approximate surface area is 180 Å². The molecule has 0 radical (unpaired) electrons. The molecule has 5 rings (SSSR count). The highest BCUT2D eigenvalue weighted by Gasteiger charge is 2.27. The van der Waals surface area contributed by atoms with Crippen LogP contribution in [0.3, 0.4) is 0 Å². The van der Waals surface area contributed by atoms with Crippen LogP contribution in [0.1, 0.15) is 28.8 Å². The van der Waals surface area contributed by atoms with Gasteiger partial charge < -0.3 is 14.6 Å². The molecule has 0 spiro atoms. The van der Waals surface area contributed by atoms with E-state index in [-0.39, 0.29) is 12.5 Å². The molecule has 3 heterocycles. The van der Waals surface area contributed by atoms with Gasteiger partial charge in [-0.25, -0.2) is 8.78 Å². The number of rotatable bonds is 6. The molecule has 1 saturated carbocycles. The van der Waals surface area contributed by atoms with Gasteiger partial charge in [-0.1, -0.05) is 0 Å². The van der Waals surface area contributed by atoms with E-state index in [4.69, 9.17) is 0 Å². The van der Waals surface area contributed by atoms with Crippen LogP contribution in [0.25, 0.3) is 5.52 Å². The number of nitrogens with zero attached hydrogens (tertiary/aromatic N) is 3. The first-order chi connectivity index (χ1) is 15.0. The fourth-order valence-corrected chi connectivity index (χ4v) is 4.30. The van der Waals surface area contributed by atoms with Crippen LogP contribution in [0.4, 0.5) is 14.6 Å². The number of carbonyl (C=O) groups excluding carboxylic acids is 1. The topological polar surface area (TPSA) is 40.0 Å². The molecular formula is C24H26F2N4O. The summed E-state index contributed by atoms with van der Waals surface area (Å²) in [6, 6.07) is 11.1. The quantitative estimate of drug-likeness (QED) is 0.656. The van der Waals surface area contributed by atoms with Crippen molar-refractivity contribution < 1.29 is 13.6 Å². The Morgan fingerprint density at radius 3 is 2.39 bits per heavy atom. The van der Waals surface area contributed by atoms with Crippen molar-refractivity contribution in [2.75, 3.05) is 37.6 Å². The fourth-order valence-electron chi connectivity index (χ4n) is 4.30. The molecule has 2 aromatic heterocycles. The number of piperazine rings is 1. The summed E-state index contributed by atoms with van der Waals surface area (Å²) in [5.41, 5.74) is 1.92. The zero-order valence-electron chi connectivity index (χ0n) is 17.4. The molecule has 1 N–H and O–H groups in total. The lowest BCUT2D eigenvalue weighted by Crippen LogP contribution is -2.47. The van der Waals surface area contributed by atoms with E-state index in [1.54, 1.807) is 6.07 Å². The lowest BCUT2D eigenvalue weighted by atomic mass is 10.2. The monoisotopic (exact) mass is 424 g/mol. The highest BCUT2D eigenvalue weighted by molar-refractivity contribution is 5.94. The number of aromatic nitrogens is 1. The van der Waals surface area contributed by atoms with Gasteiger partial charge in [0.15, 0.2) is 0 Å². The van der Waals surface area contributed by atoms with Crippen LogP contribution in [0, 0.1) is 17.6 Å². The average Bonchev–Trinajstić information content (AvgIpc) is 3.47. The third-order valence-corrected chi connectivity index (χ3v) is 6.18. The first-order valence-electron chi connectivity index (χ1n) is 10.9. The number of carbonyl (C=O) groups is 1. The second-order valence-electron chi connectivity index (χ2n) is 8.60. The predicted octanol–water partition coefficient (Wildman–Crippen LogP) is 3.68. The number of pyridine rings is 1. The Kier molecular flexibility index (Phi) is 5.36. The lowest BCUT2D eigenvalue weighted by molar-refractivity contribution is 0.0950. The summed E-state index contributed by atoms with van der Waals surface area (Å²) < 4.78 is 28.8. The standard InChI is InChI=1S/C24H26F2N4O/c25-20-11-18(12-21(26)13-20)14-27-24(31)19-3-4-22-5-6-23(30(22)16-19)29-9-7-28(8-10-29)15-17-1-2-17/h3-6,11-13,16-17H,1-2,7-10,14-15H2,(H,27,31). The first-order valence-corrected chi connectivity index (χ1v) is 10.9. The van der Waals surface area contributed by atoms with Crippen LogP contribution >= 0.6 is 0 Å². The van der Waals surface area contributed by atoms with Crippen molar-refractivity contribution in [2.45, 2.75) is 19.4 Å². The molecule has 2 aliphatic rings. The van der Waals surface area contributed by atoms with Crippen molar-refractivity contribution >= 4 is 17.2 Å². The molecular weight excluding hydrogens is 398 g/mol. The maximum Gasteiger partial charge on any atom is 0.253 e. The molecule has 3 aromatic rings. The molecule has 1 aliphatic heterocycles. The number of nitrogens with one attached hydrogen (secondary N) is 1. The first kappa shape index (κ1) is 20.0. The zero-order valence-corrected chi connectivity index (χ0v) is 17.4. The number of halogens is 2. The van der Waals surface area contributed by atoms with Crippen LogP contribution in [-0.2, 0) is 6.54 Å². The molecule has 1 saturated heterocycles. The van der Waals surface area contributed by atoms with Crippen molar-refractivity contribution in [1.82, 2.24) is 14.6 Å². The number of hydrogen-bond donors (Lipinski definition) is 1. The van der Waals surface area contributed by atoms with Crippen LogP contribution in [0.5, 0.6) is 0 Å². The van der Waals surface area contributed by atoms with Gasteiger partial charge in [0.25, 0.3) is 5.91 Å². The third-order valence-electron chi connectivity index (χ3n) is 6.18. The van der Waals surface area contributed by atoms with E-state index < -0.39 is 11.6 Å². The molecule has 0 bridgehead atoms. The van der Waals surface area contributed by atoms with Crippen LogP contribution in [0.15, 0.2) is 48.7 Å². The van der Waals surface area contributed by atoms with E-state index >= 15 is 0 Å². The van der Waals surface area contributed by atoms with E-state index in [9.17, 15) is 13.6 Å². The van der Waals surface area contributed by atoms with Crippen molar-refractivity contribution in [3.05, 3.63) is 71.4 Å². The van der Waals surface area contributed by atoms with Crippen molar-refractivity contribution in [2.24, 2.45) is 5.92 Å². The molecule has 2 fully saturated rings. The van der Waals surface area contributed by atoms with Gasteiger partial charge in [-0.2, -0.15) is 0 Å². The van der Waals surface area contributed by atoms with Crippen molar-refractivity contribution in [1.29, 1.82) is 0 Å². The van der Waals surface area contributed by atoms with Gasteiger partial charge in [0.05, 0.1) is 5.56 Å². The van der Waals surface area contributed by atoms with E-state index in [0.29, 0.717) is 11.1 Å². The normalized spacial score (nSPS) is 17.3. The average molecular weight is 424 g/mol. The van der Waals surface area contributed by atoms with E-state index in [1.165, 1.54) is 31.5 Å². The molecule has 162 valence electrons. The zero-order chi connectivity index (χ0) is 21.4. The SMILES string of the molecule is O=C(NCc1cc(F)cc(F)c1)c1ccc2ccc(N3CCN(CC4CC4)CC3)n2c1. The highest BCUT2D eigenvalue weighted by atomic mass is 19.1. The largest absolute Gasteiger partial charge is 0.355 e. The van der Waals surface area contributed by atoms with E-state index in [0.717, 1.165) is 49.5 Å². The van der Waals surface area contributed by atoms with Crippen molar-refractivity contribution in [3.8, 4) is 0 Å². The molecule has 1 aromatic carbocycles. The van der Waals surface area contributed by atoms with Gasteiger partial charge in [-0.05, 0) is 60.7 Å². The van der Waals surface area contributed by atoms with Crippen LogP contribution < -0.4 is 10.2 Å². The molecule has 0 unspecified atom stereocenters. The molecule has 31 heavy (non-hydrogen) atoms. The van der Waals surface area contributed by atoms with Gasteiger partial charge in [-0.3, -0.25) is 9.69 Å². The van der Waals surface area contributed by atoms with E-state index in [2.05, 4.69) is 27.2 Å². The summed E-state index contributed by atoms with van der Waals surface area (Å²) in [6.07, 6.45) is 4.59. The minimum atomic E-state index is -0.653. The Hall–Kier alpha value is -2.93. The molecule has 0 atom stereocenters. The Morgan fingerprint density at radius 1 is 0.968 bits per heavy atom. The number of hydrogen-bond acceptors (Lipinski definition) is 3. The third kappa shape index (κ3) is 4.56. The summed E-state index contributed by atoms with van der Waals surface area (Å²) in [5.74, 6) is 0.411. The number of anilines is 1. The highest BCUT2D eigenvalue weighted by Crippen LogP contribution is 2.30. The number of benzene rings is 1. The summed E-state index contributed by atoms with van der Waals surface area (Å²) in [5, 5.41) is 2.75. The summed E-state index contributed by atoms with van der Waals surface area (Å²) in [7, 11) is 0. The van der Waals surface area contributed by atoms with Gasteiger partial charge in [0.1, 0.15) is 17.5 Å². The predicted molar refractivity (Wildman–Crippen MR) is 116 cm³/mol. The fraction of sp³-hybridized carbons (Fsp3) is 0.375. The summed E-state index contributed by atoms with van der Waals surface area (Å²) in [6.45, 7) is 5.36. The van der Waals surface area contributed by atoms with E-state index in [1.807, 2.05) is 16.7 Å². The van der Waals surface area contributed by atoms with Gasteiger partial charge in [0.2, 0.25) is 0 Å². The summed E-state index contributed by atoms with van der Waals surface area (Å²) in [4.78, 5) is 17.6. The van der Waals surface area contributed by atoms with Gasteiger partial charge in [0, 0.05) is 57.0 Å². The number of amides is 1. The minimum absolute atomic E-state index is 0.0625. The van der Waals surface area contributed by atoms with Crippen LogP contribution in [0.2, 0.25) is 0 Å². The van der Waals surface area contributed by atoms with Crippen LogP contribution in [-0.4, -0.2) is 47.9 Å².